The molecule has 3 aromatic rings. The molecule has 0 spiro atoms. The average Bonchev–Trinajstić information content (AvgIpc) is 3.32. The van der Waals surface area contributed by atoms with Gasteiger partial charge in [-0.1, -0.05) is 35.5 Å². The number of hydrogen-bond acceptors (Lipinski definition) is 6. The van der Waals surface area contributed by atoms with Gasteiger partial charge in [0.2, 0.25) is 5.89 Å². The fourth-order valence-electron chi connectivity index (χ4n) is 3.05. The number of carbonyl (C=O) groups excluding carboxylic acids is 1. The molecule has 0 saturated heterocycles. The lowest BCUT2D eigenvalue weighted by Gasteiger charge is -2.10. The van der Waals surface area contributed by atoms with Gasteiger partial charge in [-0.25, -0.2) is 0 Å². The Labute approximate surface area is 161 Å². The number of thioether (sulfide) groups is 1. The fourth-order valence-corrected chi connectivity index (χ4v) is 3.94. The van der Waals surface area contributed by atoms with Crippen molar-refractivity contribution in [3.63, 3.8) is 0 Å². The van der Waals surface area contributed by atoms with Crippen molar-refractivity contribution < 1.29 is 9.32 Å². The fraction of sp³-hybridized carbons (Fsp3) is 0.250. The number of aryl methyl sites for hydroxylation is 1. The van der Waals surface area contributed by atoms with Gasteiger partial charge in [-0.3, -0.25) is 4.79 Å². The van der Waals surface area contributed by atoms with E-state index in [0.29, 0.717) is 29.6 Å². The van der Waals surface area contributed by atoms with Crippen LogP contribution in [0.25, 0.3) is 0 Å². The Hall–Kier alpha value is -2.64. The molecule has 2 heterocycles. The van der Waals surface area contributed by atoms with Crippen LogP contribution in [0, 0.1) is 6.92 Å². The van der Waals surface area contributed by atoms with Crippen molar-refractivity contribution >= 4 is 17.7 Å². The van der Waals surface area contributed by atoms with Gasteiger partial charge >= 0.3 is 0 Å². The molecule has 6 nitrogen and oxygen atoms in total. The van der Waals surface area contributed by atoms with Crippen molar-refractivity contribution in [1.82, 2.24) is 20.8 Å². The lowest BCUT2D eigenvalue weighted by molar-refractivity contribution is 0.0948. The minimum atomic E-state index is -0.0848. The molecule has 0 atom stereocenters. The molecule has 1 aromatic heterocycles. The number of hydrogen-bond donors (Lipinski definition) is 2. The summed E-state index contributed by atoms with van der Waals surface area (Å²) in [5.41, 5.74) is 4.41. The van der Waals surface area contributed by atoms with E-state index >= 15 is 0 Å². The highest BCUT2D eigenvalue weighted by molar-refractivity contribution is 7.98. The zero-order chi connectivity index (χ0) is 18.6. The van der Waals surface area contributed by atoms with Crippen LogP contribution in [0.2, 0.25) is 0 Å². The first-order chi connectivity index (χ1) is 13.2. The van der Waals surface area contributed by atoms with E-state index in [1.165, 1.54) is 22.9 Å². The van der Waals surface area contributed by atoms with Crippen LogP contribution in [0.15, 0.2) is 51.9 Å². The van der Waals surface area contributed by atoms with E-state index in [2.05, 4.69) is 39.0 Å². The Morgan fingerprint density at radius 1 is 1.22 bits per heavy atom. The number of rotatable bonds is 6. The van der Waals surface area contributed by atoms with Crippen molar-refractivity contribution in [3.8, 4) is 0 Å². The van der Waals surface area contributed by atoms with Gasteiger partial charge in [0.1, 0.15) is 0 Å². The van der Waals surface area contributed by atoms with E-state index in [1.807, 2.05) is 24.3 Å². The van der Waals surface area contributed by atoms with Crippen molar-refractivity contribution in [2.24, 2.45) is 0 Å². The number of aromatic nitrogens is 2. The molecule has 7 heteroatoms. The van der Waals surface area contributed by atoms with Gasteiger partial charge in [-0.05, 0) is 35.7 Å². The number of fused-ring (bicyclic) bond motifs is 1. The van der Waals surface area contributed by atoms with E-state index in [1.54, 1.807) is 6.92 Å². The van der Waals surface area contributed by atoms with E-state index in [9.17, 15) is 4.79 Å². The van der Waals surface area contributed by atoms with Crippen molar-refractivity contribution in [2.75, 3.05) is 0 Å². The Kier molecular flexibility index (Phi) is 5.22. The van der Waals surface area contributed by atoms with Crippen molar-refractivity contribution in [3.05, 3.63) is 76.4 Å². The SMILES string of the molecule is Cc1noc(CSc2ccccc2C(=O)NCc2ccc3c(c2)CNC3)n1. The average molecular weight is 380 g/mol. The van der Waals surface area contributed by atoms with Crippen LogP contribution < -0.4 is 10.6 Å². The summed E-state index contributed by atoms with van der Waals surface area (Å²) in [6.07, 6.45) is 0. The first-order valence-electron chi connectivity index (χ1n) is 8.79. The summed E-state index contributed by atoms with van der Waals surface area (Å²) in [6.45, 7) is 4.11. The number of nitrogens with zero attached hydrogens (tertiary/aromatic N) is 2. The largest absolute Gasteiger partial charge is 0.348 e. The third kappa shape index (κ3) is 4.20. The maximum absolute atomic E-state index is 12.7. The predicted molar refractivity (Wildman–Crippen MR) is 103 cm³/mol. The van der Waals surface area contributed by atoms with Crippen LogP contribution >= 0.6 is 11.8 Å². The molecular formula is C20H20N4O2S. The van der Waals surface area contributed by atoms with Crippen LogP contribution in [-0.2, 0) is 25.4 Å². The van der Waals surface area contributed by atoms with Gasteiger partial charge in [-0.15, -0.1) is 11.8 Å². The van der Waals surface area contributed by atoms with Gasteiger partial charge in [0.15, 0.2) is 5.82 Å². The lowest BCUT2D eigenvalue weighted by atomic mass is 10.1. The quantitative estimate of drug-likeness (QED) is 0.639. The third-order valence-electron chi connectivity index (χ3n) is 4.41. The monoisotopic (exact) mass is 380 g/mol. The molecular weight excluding hydrogens is 360 g/mol. The number of nitrogens with one attached hydrogen (secondary N) is 2. The zero-order valence-electron chi connectivity index (χ0n) is 15.0. The topological polar surface area (TPSA) is 80.0 Å². The second kappa shape index (κ2) is 7.94. The van der Waals surface area contributed by atoms with Crippen LogP contribution in [0.5, 0.6) is 0 Å². The predicted octanol–water partition coefficient (Wildman–Crippen LogP) is 3.20. The summed E-state index contributed by atoms with van der Waals surface area (Å²) >= 11 is 1.51. The molecule has 138 valence electrons. The van der Waals surface area contributed by atoms with Crippen LogP contribution in [0.4, 0.5) is 0 Å². The molecule has 2 N–H and O–H groups in total. The summed E-state index contributed by atoms with van der Waals surface area (Å²) in [7, 11) is 0. The molecule has 0 unspecified atom stereocenters. The Morgan fingerprint density at radius 3 is 2.93 bits per heavy atom. The number of carbonyl (C=O) groups is 1. The number of benzene rings is 2. The Bertz CT molecular complexity index is 970. The van der Waals surface area contributed by atoms with E-state index in [4.69, 9.17) is 4.52 Å². The van der Waals surface area contributed by atoms with Crippen LogP contribution in [-0.4, -0.2) is 16.0 Å². The molecule has 0 radical (unpaired) electrons. The van der Waals surface area contributed by atoms with Gasteiger partial charge in [-0.2, -0.15) is 4.98 Å². The van der Waals surface area contributed by atoms with E-state index in [0.717, 1.165) is 23.5 Å². The summed E-state index contributed by atoms with van der Waals surface area (Å²) < 4.78 is 5.14. The highest BCUT2D eigenvalue weighted by Crippen LogP contribution is 2.26. The minimum absolute atomic E-state index is 0.0848. The lowest BCUT2D eigenvalue weighted by Crippen LogP contribution is -2.23. The first kappa shape index (κ1) is 17.8. The Balaban J connectivity index is 1.41. The standard InChI is InChI=1S/C20H20N4O2S/c1-13-23-19(26-24-13)12-27-18-5-3-2-4-17(18)20(25)22-9-14-6-7-15-10-21-11-16(15)8-14/h2-8,21H,9-12H2,1H3,(H,22,25). The molecule has 0 fully saturated rings. The van der Waals surface area contributed by atoms with Crippen molar-refractivity contribution in [1.29, 1.82) is 0 Å². The van der Waals surface area contributed by atoms with E-state index in [-0.39, 0.29) is 5.91 Å². The third-order valence-corrected chi connectivity index (χ3v) is 5.47. The van der Waals surface area contributed by atoms with Gasteiger partial charge in [0.25, 0.3) is 5.91 Å². The smallest absolute Gasteiger partial charge is 0.252 e. The maximum atomic E-state index is 12.7. The summed E-state index contributed by atoms with van der Waals surface area (Å²) in [5.74, 6) is 1.61. The maximum Gasteiger partial charge on any atom is 0.252 e. The van der Waals surface area contributed by atoms with Gasteiger partial charge < -0.3 is 15.2 Å². The van der Waals surface area contributed by atoms with Crippen molar-refractivity contribution in [2.45, 2.75) is 37.2 Å². The molecule has 1 aliphatic rings. The molecule has 27 heavy (non-hydrogen) atoms. The summed E-state index contributed by atoms with van der Waals surface area (Å²) in [6, 6.07) is 13.9. The van der Waals surface area contributed by atoms with Gasteiger partial charge in [0, 0.05) is 24.5 Å². The molecule has 1 aliphatic heterocycles. The first-order valence-corrected chi connectivity index (χ1v) is 9.78. The molecule has 0 bridgehead atoms. The molecule has 1 amide bonds. The molecule has 2 aromatic carbocycles. The zero-order valence-corrected chi connectivity index (χ0v) is 15.8. The second-order valence-corrected chi connectivity index (χ2v) is 7.43. The summed E-state index contributed by atoms with van der Waals surface area (Å²) in [4.78, 5) is 17.8. The molecule has 4 rings (SSSR count). The molecule has 0 saturated carbocycles. The highest BCUT2D eigenvalue weighted by atomic mass is 32.2. The minimum Gasteiger partial charge on any atom is -0.348 e. The normalized spacial score (nSPS) is 12.8. The molecule has 0 aliphatic carbocycles. The van der Waals surface area contributed by atoms with Crippen LogP contribution in [0.1, 0.15) is 38.8 Å². The second-order valence-electron chi connectivity index (χ2n) is 6.41. The number of amides is 1. The van der Waals surface area contributed by atoms with E-state index < -0.39 is 0 Å². The van der Waals surface area contributed by atoms with Crippen LogP contribution in [0.3, 0.4) is 0 Å². The summed E-state index contributed by atoms with van der Waals surface area (Å²) in [5, 5.41) is 10.2. The van der Waals surface area contributed by atoms with Gasteiger partial charge in [0.05, 0.1) is 11.3 Å². The Morgan fingerprint density at radius 2 is 2.07 bits per heavy atom. The highest BCUT2D eigenvalue weighted by Gasteiger charge is 2.14.